The number of rotatable bonds is 2. The van der Waals surface area contributed by atoms with Crippen LogP contribution < -0.4 is 0 Å². The lowest BCUT2D eigenvalue weighted by Crippen LogP contribution is -1.92. The maximum Gasteiger partial charge on any atom is 0.0302 e. The summed E-state index contributed by atoms with van der Waals surface area (Å²) in [5.74, 6) is 0. The minimum Gasteiger partial charge on any atom is -0.0622 e. The average Bonchev–Trinajstić information content (AvgIpc) is 3.25. The highest BCUT2D eigenvalue weighted by Crippen LogP contribution is 2.70. The molecular formula is C19H14S3. The van der Waals surface area contributed by atoms with Crippen molar-refractivity contribution in [1.82, 2.24) is 0 Å². The van der Waals surface area contributed by atoms with Crippen molar-refractivity contribution in [3.8, 4) is 0 Å². The van der Waals surface area contributed by atoms with Gasteiger partial charge in [0, 0.05) is 14.7 Å². The standard InChI is InChI=1S/C19H14S3/c1-3-7-13(8-4-1)17-15-11-12-16-18(14-9-5-2-6-10-14)21-22(20-17)19(15)16/h1-10H,11-12H2. The Bertz CT molecular complexity index is 787. The predicted octanol–water partition coefficient (Wildman–Crippen LogP) is 6.37. The zero-order chi connectivity index (χ0) is 14.5. The number of hydrogen-bond acceptors (Lipinski definition) is 2. The van der Waals surface area contributed by atoms with Gasteiger partial charge in [-0.05, 0) is 35.1 Å². The van der Waals surface area contributed by atoms with E-state index in [0.29, 0.717) is 0 Å². The summed E-state index contributed by atoms with van der Waals surface area (Å²) in [5, 5.41) is 0. The van der Waals surface area contributed by atoms with Crippen molar-refractivity contribution in [2.75, 3.05) is 0 Å². The molecule has 0 amide bonds. The highest BCUT2D eigenvalue weighted by Gasteiger charge is 2.39. The van der Waals surface area contributed by atoms with E-state index in [-0.39, 0.29) is 8.55 Å². The van der Waals surface area contributed by atoms with Crippen molar-refractivity contribution >= 4 is 44.8 Å². The second-order valence-electron chi connectivity index (χ2n) is 5.58. The monoisotopic (exact) mass is 338 g/mol. The molecule has 2 aromatic carbocycles. The Labute approximate surface area is 140 Å². The zero-order valence-corrected chi connectivity index (χ0v) is 14.4. The van der Waals surface area contributed by atoms with Crippen LogP contribution in [0, 0.1) is 0 Å². The molecule has 3 aliphatic rings. The molecule has 108 valence electrons. The smallest absolute Gasteiger partial charge is 0.0302 e. The molecule has 2 aliphatic heterocycles. The highest BCUT2D eigenvalue weighted by molar-refractivity contribution is 9.19. The molecule has 22 heavy (non-hydrogen) atoms. The van der Waals surface area contributed by atoms with Crippen LogP contribution in [-0.4, -0.2) is 4.86 Å². The normalized spacial score (nSPS) is 20.3. The Balaban J connectivity index is 1.61. The molecule has 2 aromatic rings. The van der Waals surface area contributed by atoms with Crippen LogP contribution in [-0.2, 0) is 0 Å². The summed E-state index contributed by atoms with van der Waals surface area (Å²) in [5.41, 5.74) is 6.07. The highest BCUT2D eigenvalue weighted by atomic mass is 33.5. The molecule has 1 saturated carbocycles. The lowest BCUT2D eigenvalue weighted by Gasteiger charge is -2.08. The van der Waals surface area contributed by atoms with Crippen molar-refractivity contribution in [3.05, 3.63) is 82.9 Å². The van der Waals surface area contributed by atoms with Gasteiger partial charge >= 0.3 is 0 Å². The molecule has 0 bridgehead atoms. The molecule has 1 fully saturated rings. The number of benzene rings is 2. The summed E-state index contributed by atoms with van der Waals surface area (Å²) in [7, 11) is 4.45. The van der Waals surface area contributed by atoms with Gasteiger partial charge in [-0.3, -0.25) is 0 Å². The molecule has 0 nitrogen and oxygen atoms in total. The van der Waals surface area contributed by atoms with E-state index in [2.05, 4.69) is 82.3 Å². The third-order valence-corrected chi connectivity index (χ3v) is 10.8. The van der Waals surface area contributed by atoms with E-state index in [4.69, 9.17) is 0 Å². The summed E-state index contributed by atoms with van der Waals surface area (Å²) in [6.45, 7) is 0. The summed E-state index contributed by atoms with van der Waals surface area (Å²) >= 11 is 0. The second kappa shape index (κ2) is 5.19. The van der Waals surface area contributed by atoms with Gasteiger partial charge in [-0.1, -0.05) is 90.8 Å². The Morgan fingerprint density at radius 2 is 1.09 bits per heavy atom. The van der Waals surface area contributed by atoms with Gasteiger partial charge in [-0.15, -0.1) is 0 Å². The first kappa shape index (κ1) is 13.3. The fourth-order valence-electron chi connectivity index (χ4n) is 3.27. The largest absolute Gasteiger partial charge is 0.0622 e. The molecule has 0 atom stereocenters. The van der Waals surface area contributed by atoms with E-state index >= 15 is 0 Å². The Kier molecular flexibility index (Phi) is 3.14. The number of hydrogen-bond donors (Lipinski definition) is 0. The van der Waals surface area contributed by atoms with Crippen LogP contribution in [0.1, 0.15) is 24.0 Å². The average molecular weight is 339 g/mol. The van der Waals surface area contributed by atoms with Gasteiger partial charge in [0.2, 0.25) is 0 Å². The zero-order valence-electron chi connectivity index (χ0n) is 11.9. The Hall–Kier alpha value is -1.16. The molecular weight excluding hydrogens is 324 g/mol. The Morgan fingerprint density at radius 1 is 0.636 bits per heavy atom. The van der Waals surface area contributed by atoms with Crippen molar-refractivity contribution in [3.63, 3.8) is 0 Å². The molecule has 1 aliphatic carbocycles. The van der Waals surface area contributed by atoms with E-state index in [1.807, 2.05) is 0 Å². The summed E-state index contributed by atoms with van der Waals surface area (Å²) in [4.78, 5) is 4.75. The van der Waals surface area contributed by atoms with Crippen molar-refractivity contribution < 1.29 is 0 Å². The van der Waals surface area contributed by atoms with Gasteiger partial charge in [0.25, 0.3) is 0 Å². The predicted molar refractivity (Wildman–Crippen MR) is 104 cm³/mol. The van der Waals surface area contributed by atoms with E-state index in [9.17, 15) is 0 Å². The van der Waals surface area contributed by atoms with Gasteiger partial charge in [0.05, 0.1) is 0 Å². The minimum atomic E-state index is 0.275. The molecule has 0 N–H and O–H groups in total. The van der Waals surface area contributed by atoms with Gasteiger partial charge in [-0.2, -0.15) is 0 Å². The molecule has 3 heteroatoms. The third-order valence-electron chi connectivity index (χ3n) is 4.28. The molecule has 0 saturated heterocycles. The van der Waals surface area contributed by atoms with Gasteiger partial charge in [-0.25, -0.2) is 0 Å². The van der Waals surface area contributed by atoms with Crippen LogP contribution in [0.25, 0.3) is 9.81 Å². The topological polar surface area (TPSA) is 0 Å². The van der Waals surface area contributed by atoms with E-state index in [1.54, 1.807) is 16.0 Å². The summed E-state index contributed by atoms with van der Waals surface area (Å²) in [6.07, 6.45) is 2.45. The SMILES string of the molecule is c1ccc(C2=C3CCC4=C(c5ccccc5)SS(=C34)S2)cc1. The van der Waals surface area contributed by atoms with Gasteiger partial charge in [0.15, 0.2) is 0 Å². The molecule has 0 radical (unpaired) electrons. The van der Waals surface area contributed by atoms with E-state index in [1.165, 1.54) is 33.8 Å². The maximum absolute atomic E-state index is 2.26. The van der Waals surface area contributed by atoms with Crippen LogP contribution in [0.3, 0.4) is 0 Å². The Morgan fingerprint density at radius 3 is 1.55 bits per heavy atom. The molecule has 0 spiro atoms. The van der Waals surface area contributed by atoms with E-state index < -0.39 is 0 Å². The van der Waals surface area contributed by atoms with Crippen molar-refractivity contribution in [2.24, 2.45) is 0 Å². The summed E-state index contributed by atoms with van der Waals surface area (Å²) < 4.78 is 0. The van der Waals surface area contributed by atoms with Crippen molar-refractivity contribution in [2.45, 2.75) is 12.8 Å². The molecule has 0 unspecified atom stereocenters. The van der Waals surface area contributed by atoms with Gasteiger partial charge < -0.3 is 0 Å². The van der Waals surface area contributed by atoms with Crippen LogP contribution in [0.15, 0.2) is 71.8 Å². The lowest BCUT2D eigenvalue weighted by atomic mass is 10.1. The minimum absolute atomic E-state index is 0.275. The first-order chi connectivity index (χ1) is 10.9. The first-order valence-corrected chi connectivity index (χ1v) is 11.4. The first-order valence-electron chi connectivity index (χ1n) is 7.47. The molecule has 5 rings (SSSR count). The summed E-state index contributed by atoms with van der Waals surface area (Å²) in [6, 6.07) is 21.8. The van der Waals surface area contributed by atoms with Crippen LogP contribution in [0.2, 0.25) is 0 Å². The van der Waals surface area contributed by atoms with Crippen LogP contribution >= 0.6 is 30.1 Å². The lowest BCUT2D eigenvalue weighted by molar-refractivity contribution is 1.06. The maximum atomic E-state index is 2.26. The third kappa shape index (κ3) is 1.92. The molecule has 2 heterocycles. The fraction of sp³-hybridized carbons (Fsp3) is 0.105. The van der Waals surface area contributed by atoms with Gasteiger partial charge in [0.1, 0.15) is 0 Å². The van der Waals surface area contributed by atoms with E-state index in [0.717, 1.165) is 0 Å². The van der Waals surface area contributed by atoms with Crippen LogP contribution in [0.4, 0.5) is 0 Å². The molecule has 0 aromatic heterocycles. The number of allylic oxidation sites excluding steroid dienone is 2. The van der Waals surface area contributed by atoms with Crippen molar-refractivity contribution in [1.29, 1.82) is 0 Å². The fourth-order valence-corrected chi connectivity index (χ4v) is 11.2. The quantitative estimate of drug-likeness (QED) is 0.461. The van der Waals surface area contributed by atoms with Crippen LogP contribution in [0.5, 0.6) is 0 Å². The second-order valence-corrected chi connectivity index (χ2v) is 11.2.